The van der Waals surface area contributed by atoms with Gasteiger partial charge in [-0.05, 0) is 25.8 Å². The Hall–Kier alpha value is -2.05. The lowest BCUT2D eigenvalue weighted by molar-refractivity contribution is -0.149. The third-order valence-corrected chi connectivity index (χ3v) is 3.90. The van der Waals surface area contributed by atoms with E-state index in [2.05, 4.69) is 20.3 Å². The Morgan fingerprint density at radius 3 is 3.05 bits per heavy atom. The third kappa shape index (κ3) is 3.99. The standard InChI is InChI=1S/C15H25N5O2/c1-4-22-14(21)12-6-5-9-20(11-12)15(16-2)17-10-13-7-8-18-19(13)3/h7-8,12H,4-6,9-11H2,1-3H3,(H,16,17). The normalized spacial score (nSPS) is 19.1. The van der Waals surface area contributed by atoms with Crippen LogP contribution in [0.3, 0.4) is 0 Å². The Bertz CT molecular complexity index is 526. The Balaban J connectivity index is 1.92. The summed E-state index contributed by atoms with van der Waals surface area (Å²) < 4.78 is 6.97. The number of ether oxygens (including phenoxy) is 1. The van der Waals surface area contributed by atoms with E-state index in [4.69, 9.17) is 4.74 Å². The van der Waals surface area contributed by atoms with Crippen molar-refractivity contribution in [2.75, 3.05) is 26.7 Å². The quantitative estimate of drug-likeness (QED) is 0.505. The predicted molar refractivity (Wildman–Crippen MR) is 84.3 cm³/mol. The predicted octanol–water partition coefficient (Wildman–Crippen LogP) is 0.771. The number of hydrogen-bond donors (Lipinski definition) is 1. The van der Waals surface area contributed by atoms with Crippen LogP contribution in [0.4, 0.5) is 0 Å². The SMILES string of the molecule is CCOC(=O)C1CCCN(C(=NC)NCc2ccnn2C)C1. The Morgan fingerprint density at radius 1 is 1.59 bits per heavy atom. The molecular formula is C15H25N5O2. The summed E-state index contributed by atoms with van der Waals surface area (Å²) in [5.41, 5.74) is 1.08. The van der Waals surface area contributed by atoms with E-state index in [9.17, 15) is 4.79 Å². The summed E-state index contributed by atoms with van der Waals surface area (Å²) >= 11 is 0. The number of guanidine groups is 1. The van der Waals surface area contributed by atoms with Crippen LogP contribution in [0.15, 0.2) is 17.3 Å². The molecule has 7 heteroatoms. The van der Waals surface area contributed by atoms with Crippen LogP contribution in [0.25, 0.3) is 0 Å². The number of carbonyl (C=O) groups excluding carboxylic acids is 1. The van der Waals surface area contributed by atoms with E-state index in [0.717, 1.165) is 31.0 Å². The van der Waals surface area contributed by atoms with Crippen LogP contribution in [0.2, 0.25) is 0 Å². The van der Waals surface area contributed by atoms with Gasteiger partial charge in [-0.15, -0.1) is 0 Å². The van der Waals surface area contributed by atoms with Crippen LogP contribution < -0.4 is 5.32 Å². The number of aryl methyl sites for hydroxylation is 1. The van der Waals surface area contributed by atoms with Crippen molar-refractivity contribution in [1.29, 1.82) is 0 Å². The average molecular weight is 307 g/mol. The molecule has 0 saturated carbocycles. The van der Waals surface area contributed by atoms with E-state index in [1.807, 2.05) is 24.7 Å². The van der Waals surface area contributed by atoms with Crippen LogP contribution in [-0.2, 0) is 23.1 Å². The first kappa shape index (κ1) is 16.3. The summed E-state index contributed by atoms with van der Waals surface area (Å²) in [6.45, 7) is 4.49. The van der Waals surface area contributed by atoms with E-state index >= 15 is 0 Å². The second-order valence-electron chi connectivity index (χ2n) is 5.38. The van der Waals surface area contributed by atoms with Gasteiger partial charge in [0.1, 0.15) is 0 Å². The lowest BCUT2D eigenvalue weighted by atomic mass is 9.98. The van der Waals surface area contributed by atoms with Crippen LogP contribution in [0.5, 0.6) is 0 Å². The number of rotatable bonds is 4. The summed E-state index contributed by atoms with van der Waals surface area (Å²) in [5.74, 6) is 0.647. The van der Waals surface area contributed by atoms with Gasteiger partial charge in [0.2, 0.25) is 0 Å². The summed E-state index contributed by atoms with van der Waals surface area (Å²) in [6, 6.07) is 1.97. The van der Waals surface area contributed by atoms with Crippen molar-refractivity contribution in [2.45, 2.75) is 26.3 Å². The lowest BCUT2D eigenvalue weighted by Gasteiger charge is -2.33. The molecule has 1 aromatic rings. The molecule has 1 atom stereocenters. The van der Waals surface area contributed by atoms with Crippen LogP contribution >= 0.6 is 0 Å². The maximum Gasteiger partial charge on any atom is 0.310 e. The van der Waals surface area contributed by atoms with Gasteiger partial charge in [0, 0.05) is 33.4 Å². The molecule has 1 unspecified atom stereocenters. The number of nitrogens with zero attached hydrogens (tertiary/aromatic N) is 4. The molecule has 0 aromatic carbocycles. The number of piperidine rings is 1. The fourth-order valence-corrected chi connectivity index (χ4v) is 2.70. The zero-order valence-electron chi connectivity index (χ0n) is 13.6. The molecule has 0 bridgehead atoms. The largest absolute Gasteiger partial charge is 0.466 e. The number of aliphatic imine (C=N–C) groups is 1. The molecule has 1 N–H and O–H groups in total. The molecule has 0 radical (unpaired) electrons. The molecule has 1 aliphatic heterocycles. The minimum atomic E-state index is -0.103. The minimum absolute atomic E-state index is 0.0658. The maximum absolute atomic E-state index is 11.9. The molecule has 22 heavy (non-hydrogen) atoms. The van der Waals surface area contributed by atoms with Gasteiger partial charge >= 0.3 is 5.97 Å². The molecular weight excluding hydrogens is 282 g/mol. The van der Waals surface area contributed by atoms with Crippen molar-refractivity contribution in [2.24, 2.45) is 18.0 Å². The highest BCUT2D eigenvalue weighted by atomic mass is 16.5. The second kappa shape index (κ2) is 7.82. The van der Waals surface area contributed by atoms with Crippen molar-refractivity contribution in [3.63, 3.8) is 0 Å². The Morgan fingerprint density at radius 2 is 2.41 bits per heavy atom. The topological polar surface area (TPSA) is 71.8 Å². The molecule has 7 nitrogen and oxygen atoms in total. The van der Waals surface area contributed by atoms with Gasteiger partial charge in [-0.1, -0.05) is 0 Å². The number of aromatic nitrogens is 2. The summed E-state index contributed by atoms with van der Waals surface area (Å²) in [6.07, 6.45) is 3.63. The molecule has 2 rings (SSSR count). The van der Waals surface area contributed by atoms with Crippen molar-refractivity contribution in [3.05, 3.63) is 18.0 Å². The highest BCUT2D eigenvalue weighted by Crippen LogP contribution is 2.18. The van der Waals surface area contributed by atoms with Gasteiger partial charge in [0.05, 0.1) is 24.8 Å². The van der Waals surface area contributed by atoms with Crippen LogP contribution in [0, 0.1) is 5.92 Å². The van der Waals surface area contributed by atoms with Crippen molar-refractivity contribution in [3.8, 4) is 0 Å². The molecule has 0 aliphatic carbocycles. The number of likely N-dealkylation sites (tertiary alicyclic amines) is 1. The van der Waals surface area contributed by atoms with Gasteiger partial charge in [-0.25, -0.2) is 0 Å². The first-order valence-corrected chi connectivity index (χ1v) is 7.74. The van der Waals surface area contributed by atoms with Gasteiger partial charge in [-0.3, -0.25) is 14.5 Å². The van der Waals surface area contributed by atoms with Crippen molar-refractivity contribution < 1.29 is 9.53 Å². The smallest absolute Gasteiger partial charge is 0.310 e. The van der Waals surface area contributed by atoms with Crippen molar-refractivity contribution in [1.82, 2.24) is 20.0 Å². The first-order valence-electron chi connectivity index (χ1n) is 7.74. The second-order valence-corrected chi connectivity index (χ2v) is 5.38. The van der Waals surface area contributed by atoms with Crippen LogP contribution in [-0.4, -0.2) is 53.4 Å². The highest BCUT2D eigenvalue weighted by molar-refractivity contribution is 5.81. The van der Waals surface area contributed by atoms with E-state index in [1.54, 1.807) is 13.2 Å². The summed E-state index contributed by atoms with van der Waals surface area (Å²) in [4.78, 5) is 18.4. The minimum Gasteiger partial charge on any atom is -0.466 e. The monoisotopic (exact) mass is 307 g/mol. The number of esters is 1. The van der Waals surface area contributed by atoms with E-state index in [0.29, 0.717) is 19.7 Å². The Kier molecular flexibility index (Phi) is 5.80. The zero-order chi connectivity index (χ0) is 15.9. The average Bonchev–Trinajstić information content (AvgIpc) is 2.94. The van der Waals surface area contributed by atoms with Gasteiger partial charge in [0.25, 0.3) is 0 Å². The number of carbonyl (C=O) groups is 1. The number of hydrogen-bond acceptors (Lipinski definition) is 4. The van der Waals surface area contributed by atoms with E-state index in [1.165, 1.54) is 0 Å². The summed E-state index contributed by atoms with van der Waals surface area (Å²) in [5, 5.41) is 7.49. The number of nitrogens with one attached hydrogen (secondary N) is 1. The lowest BCUT2D eigenvalue weighted by Crippen LogP contribution is -2.48. The molecule has 1 fully saturated rings. The van der Waals surface area contributed by atoms with Gasteiger partial charge in [-0.2, -0.15) is 5.10 Å². The summed E-state index contributed by atoms with van der Waals surface area (Å²) in [7, 11) is 3.68. The van der Waals surface area contributed by atoms with E-state index in [-0.39, 0.29) is 11.9 Å². The highest BCUT2D eigenvalue weighted by Gasteiger charge is 2.28. The van der Waals surface area contributed by atoms with Crippen molar-refractivity contribution >= 4 is 11.9 Å². The molecule has 2 heterocycles. The fourth-order valence-electron chi connectivity index (χ4n) is 2.70. The van der Waals surface area contributed by atoms with E-state index < -0.39 is 0 Å². The molecule has 0 spiro atoms. The van der Waals surface area contributed by atoms with Gasteiger partial charge < -0.3 is 15.0 Å². The molecule has 1 aromatic heterocycles. The molecule has 1 aliphatic rings. The Labute approximate surface area is 131 Å². The molecule has 0 amide bonds. The van der Waals surface area contributed by atoms with Gasteiger partial charge in [0.15, 0.2) is 5.96 Å². The zero-order valence-corrected chi connectivity index (χ0v) is 13.6. The maximum atomic E-state index is 11.9. The van der Waals surface area contributed by atoms with Crippen LogP contribution in [0.1, 0.15) is 25.5 Å². The first-order chi connectivity index (χ1) is 10.7. The molecule has 122 valence electrons. The molecule has 1 saturated heterocycles. The fraction of sp³-hybridized carbons (Fsp3) is 0.667. The third-order valence-electron chi connectivity index (χ3n) is 3.90.